The van der Waals surface area contributed by atoms with Gasteiger partial charge in [-0.1, -0.05) is 78.3 Å². The number of halogens is 1. The molecular weight excluding hydrogens is 354 g/mol. The number of fused-ring (bicyclic) bond motifs is 3. The molecule has 0 fully saturated rings. The maximum atomic E-state index is 13.1. The Balaban J connectivity index is 1.83. The minimum Gasteiger partial charge on any atom is -0.288 e. The fourth-order valence-corrected chi connectivity index (χ4v) is 3.73. The highest BCUT2D eigenvalue weighted by molar-refractivity contribution is 6.30. The van der Waals surface area contributed by atoms with E-state index in [1.165, 1.54) is 0 Å². The van der Waals surface area contributed by atoms with Crippen LogP contribution in [0.2, 0.25) is 5.02 Å². The lowest BCUT2D eigenvalue weighted by atomic mass is 9.96. The van der Waals surface area contributed by atoms with Crippen LogP contribution in [-0.2, 0) is 0 Å². The largest absolute Gasteiger partial charge is 0.288 e. The quantitative estimate of drug-likeness (QED) is 0.367. The Bertz CT molecular complexity index is 1180. The fourth-order valence-electron chi connectivity index (χ4n) is 3.61. The van der Waals surface area contributed by atoms with Crippen molar-refractivity contribution >= 4 is 17.4 Å². The van der Waals surface area contributed by atoms with Crippen molar-refractivity contribution < 1.29 is 4.79 Å². The third kappa shape index (κ3) is 2.57. The summed E-state index contributed by atoms with van der Waals surface area (Å²) in [7, 11) is 0. The van der Waals surface area contributed by atoms with Gasteiger partial charge in [-0.3, -0.25) is 4.79 Å². The summed E-state index contributed by atoms with van der Waals surface area (Å²) in [6, 6.07) is 27.3. The van der Waals surface area contributed by atoms with Crippen LogP contribution in [0.15, 0.2) is 84.9 Å². The van der Waals surface area contributed by atoms with Crippen molar-refractivity contribution in [3.8, 4) is 33.6 Å². The number of hydrogen-bond donors (Lipinski definition) is 0. The van der Waals surface area contributed by atoms with Crippen LogP contribution in [-0.4, -0.2) is 10.8 Å². The van der Waals surface area contributed by atoms with E-state index in [0.717, 1.165) is 33.6 Å². The lowest BCUT2D eigenvalue weighted by Gasteiger charge is -2.11. The van der Waals surface area contributed by atoms with Gasteiger partial charge in [0.2, 0.25) is 0 Å². The van der Waals surface area contributed by atoms with E-state index in [4.69, 9.17) is 16.6 Å². The van der Waals surface area contributed by atoms with Crippen molar-refractivity contribution in [1.29, 1.82) is 0 Å². The van der Waals surface area contributed by atoms with Gasteiger partial charge in [-0.25, -0.2) is 4.98 Å². The first kappa shape index (κ1) is 16.0. The Morgan fingerprint density at radius 3 is 2.07 bits per heavy atom. The molecule has 0 aliphatic heterocycles. The van der Waals surface area contributed by atoms with Crippen LogP contribution in [0.4, 0.5) is 0 Å². The van der Waals surface area contributed by atoms with Crippen molar-refractivity contribution in [3.05, 3.63) is 101 Å². The first-order valence-corrected chi connectivity index (χ1v) is 9.11. The zero-order chi connectivity index (χ0) is 18.4. The normalized spacial score (nSPS) is 12.0. The Kier molecular flexibility index (Phi) is 3.66. The van der Waals surface area contributed by atoms with Crippen LogP contribution in [0.1, 0.15) is 15.9 Å². The summed E-state index contributed by atoms with van der Waals surface area (Å²) in [6.45, 7) is 0. The predicted octanol–water partition coefficient (Wildman–Crippen LogP) is 6.28. The van der Waals surface area contributed by atoms with Crippen molar-refractivity contribution in [3.63, 3.8) is 0 Å². The molecule has 4 aromatic rings. The SMILES string of the molecule is O=C1c2ccccc2-c2nc(-c3ccccc3)cc(-c3ccc(Cl)cc3)c21. The molecule has 5 rings (SSSR count). The van der Waals surface area contributed by atoms with Crippen molar-refractivity contribution in [2.24, 2.45) is 0 Å². The second-order valence-corrected chi connectivity index (χ2v) is 6.96. The molecular formula is C24H14ClNO. The van der Waals surface area contributed by atoms with E-state index >= 15 is 0 Å². The number of carbonyl (C=O) groups excluding carboxylic acids is 1. The molecule has 0 unspecified atom stereocenters. The second-order valence-electron chi connectivity index (χ2n) is 6.53. The molecule has 0 amide bonds. The maximum absolute atomic E-state index is 13.1. The zero-order valence-electron chi connectivity index (χ0n) is 14.3. The topological polar surface area (TPSA) is 30.0 Å². The lowest BCUT2D eigenvalue weighted by Crippen LogP contribution is -2.00. The summed E-state index contributed by atoms with van der Waals surface area (Å²) < 4.78 is 0. The first-order chi connectivity index (χ1) is 13.2. The summed E-state index contributed by atoms with van der Waals surface area (Å²) >= 11 is 6.07. The van der Waals surface area contributed by atoms with Gasteiger partial charge in [-0.05, 0) is 29.3 Å². The summed E-state index contributed by atoms with van der Waals surface area (Å²) in [6.07, 6.45) is 0. The average Bonchev–Trinajstić information content (AvgIpc) is 3.01. The van der Waals surface area contributed by atoms with E-state index in [-0.39, 0.29) is 5.78 Å². The van der Waals surface area contributed by atoms with Crippen LogP contribution in [0.3, 0.4) is 0 Å². The molecule has 1 aromatic heterocycles. The third-order valence-electron chi connectivity index (χ3n) is 4.90. The second kappa shape index (κ2) is 6.19. The summed E-state index contributed by atoms with van der Waals surface area (Å²) in [5.74, 6) is 0.0256. The molecule has 27 heavy (non-hydrogen) atoms. The number of aromatic nitrogens is 1. The van der Waals surface area contributed by atoms with Crippen molar-refractivity contribution in [2.45, 2.75) is 0 Å². The monoisotopic (exact) mass is 367 g/mol. The van der Waals surface area contributed by atoms with Gasteiger partial charge in [0.25, 0.3) is 0 Å². The van der Waals surface area contributed by atoms with E-state index in [1.54, 1.807) is 0 Å². The molecule has 0 saturated heterocycles. The molecule has 1 aliphatic carbocycles. The van der Waals surface area contributed by atoms with E-state index in [2.05, 4.69) is 0 Å². The molecule has 0 spiro atoms. The summed E-state index contributed by atoms with van der Waals surface area (Å²) in [4.78, 5) is 18.0. The third-order valence-corrected chi connectivity index (χ3v) is 5.15. The molecule has 0 N–H and O–H groups in total. The standard InChI is InChI=1S/C24H14ClNO/c25-17-12-10-15(11-13-17)20-14-21(16-6-2-1-3-7-16)26-23-18-8-4-5-9-19(18)24(27)22(20)23/h1-14H. The molecule has 0 bridgehead atoms. The Hall–Kier alpha value is -3.23. The smallest absolute Gasteiger partial charge is 0.196 e. The molecule has 0 saturated carbocycles. The number of benzene rings is 3. The summed E-state index contributed by atoms with van der Waals surface area (Å²) in [5.41, 5.74) is 6.73. The van der Waals surface area contributed by atoms with E-state index < -0.39 is 0 Å². The Morgan fingerprint density at radius 2 is 1.33 bits per heavy atom. The molecule has 3 heteroatoms. The van der Waals surface area contributed by atoms with Crippen LogP contribution in [0.5, 0.6) is 0 Å². The van der Waals surface area contributed by atoms with Crippen LogP contribution in [0, 0.1) is 0 Å². The highest BCUT2D eigenvalue weighted by Crippen LogP contribution is 2.42. The molecule has 3 aromatic carbocycles. The Labute approximate surface area is 162 Å². The predicted molar refractivity (Wildman–Crippen MR) is 109 cm³/mol. The average molecular weight is 368 g/mol. The van der Waals surface area contributed by atoms with Gasteiger partial charge in [-0.2, -0.15) is 0 Å². The molecule has 1 heterocycles. The zero-order valence-corrected chi connectivity index (χ0v) is 15.1. The van der Waals surface area contributed by atoms with Gasteiger partial charge >= 0.3 is 0 Å². The summed E-state index contributed by atoms with van der Waals surface area (Å²) in [5, 5.41) is 0.669. The number of ketones is 1. The van der Waals surface area contributed by atoms with Crippen LogP contribution < -0.4 is 0 Å². The number of carbonyl (C=O) groups is 1. The van der Waals surface area contributed by atoms with Gasteiger partial charge < -0.3 is 0 Å². The van der Waals surface area contributed by atoms with Gasteiger partial charge in [0.15, 0.2) is 5.78 Å². The highest BCUT2D eigenvalue weighted by Gasteiger charge is 2.31. The van der Waals surface area contributed by atoms with E-state index in [9.17, 15) is 4.79 Å². The number of nitrogens with zero attached hydrogens (tertiary/aromatic N) is 1. The highest BCUT2D eigenvalue weighted by atomic mass is 35.5. The van der Waals surface area contributed by atoms with Gasteiger partial charge in [0.1, 0.15) is 0 Å². The first-order valence-electron chi connectivity index (χ1n) is 8.73. The van der Waals surface area contributed by atoms with Crippen LogP contribution in [0.25, 0.3) is 33.6 Å². The lowest BCUT2D eigenvalue weighted by molar-refractivity contribution is 0.104. The van der Waals surface area contributed by atoms with Gasteiger partial charge in [0, 0.05) is 21.7 Å². The fraction of sp³-hybridized carbons (Fsp3) is 0. The van der Waals surface area contributed by atoms with E-state index in [0.29, 0.717) is 16.1 Å². The van der Waals surface area contributed by atoms with Crippen molar-refractivity contribution in [1.82, 2.24) is 4.98 Å². The molecule has 0 atom stereocenters. The molecule has 0 radical (unpaired) electrons. The minimum absolute atomic E-state index is 0.0256. The van der Waals surface area contributed by atoms with Crippen molar-refractivity contribution in [2.75, 3.05) is 0 Å². The number of pyridine rings is 1. The molecule has 128 valence electrons. The Morgan fingerprint density at radius 1 is 0.667 bits per heavy atom. The van der Waals surface area contributed by atoms with Gasteiger partial charge in [0.05, 0.1) is 17.0 Å². The number of rotatable bonds is 2. The minimum atomic E-state index is 0.0256. The molecule has 1 aliphatic rings. The van der Waals surface area contributed by atoms with E-state index in [1.807, 2.05) is 84.9 Å². The number of hydrogen-bond acceptors (Lipinski definition) is 2. The maximum Gasteiger partial charge on any atom is 0.196 e. The van der Waals surface area contributed by atoms with Gasteiger partial charge in [-0.15, -0.1) is 0 Å². The molecule has 2 nitrogen and oxygen atoms in total. The van der Waals surface area contributed by atoms with Crippen LogP contribution >= 0.6 is 11.6 Å².